The smallest absolute Gasteiger partial charge is 0.407 e. The summed E-state index contributed by atoms with van der Waals surface area (Å²) in [5.41, 5.74) is 13.3. The lowest BCUT2D eigenvalue weighted by molar-refractivity contribution is -0.345. The standard InChI is InChI=1S/C51H52F2N4O18/c1-25(40(48(64)67-22-29-12-6-5-7-13-29)55-51(65)68-23-36-33-16-10-8-14-31(33)32-15-9-11-17-34(32)36)69-49-41(56-57-54)44(42(62)38(21-58)72-49)75-50-46(74-47(63)35-20-30(52)18-19-37(35)53)45(71-28(4)61)43(70-27(3)60)39(73-50)24-66-26(2)59/h5-20,25,36,38-46,49-50,58,62H,21-24H2,1-4H3,(H,55,65)/t25-,38-,39-,40+,41-,42+,43+,44-,45+,46-,49+,50+/m1/s1. The summed E-state index contributed by atoms with van der Waals surface area (Å²) in [5.74, 6) is -8.27. The molecule has 0 unspecified atom stereocenters. The van der Waals surface area contributed by atoms with Crippen molar-refractivity contribution >= 4 is 35.9 Å². The maximum atomic E-state index is 15.0. The Morgan fingerprint density at radius 2 is 1.36 bits per heavy atom. The molecular formula is C51H52F2N4O18. The maximum Gasteiger partial charge on any atom is 0.407 e. The van der Waals surface area contributed by atoms with E-state index in [1.165, 1.54) is 6.92 Å². The molecule has 1 aliphatic carbocycles. The maximum absolute atomic E-state index is 15.0. The third-order valence-electron chi connectivity index (χ3n) is 12.2. The molecule has 398 valence electrons. The van der Waals surface area contributed by atoms with E-state index in [0.29, 0.717) is 23.8 Å². The van der Waals surface area contributed by atoms with E-state index in [-0.39, 0.29) is 19.1 Å². The number of amides is 1. The Morgan fingerprint density at radius 1 is 0.733 bits per heavy atom. The Hall–Kier alpha value is -7.57. The summed E-state index contributed by atoms with van der Waals surface area (Å²) >= 11 is 0. The fraction of sp³-hybridized carbons (Fsp3) is 0.412. The van der Waals surface area contributed by atoms with Crippen molar-refractivity contribution in [3.8, 4) is 11.1 Å². The summed E-state index contributed by atoms with van der Waals surface area (Å²) in [7, 11) is 0. The minimum atomic E-state index is -2.18. The second-order valence-electron chi connectivity index (χ2n) is 17.4. The predicted molar refractivity (Wildman–Crippen MR) is 250 cm³/mol. The first-order chi connectivity index (χ1) is 36.0. The van der Waals surface area contributed by atoms with Gasteiger partial charge in [0.2, 0.25) is 0 Å². The van der Waals surface area contributed by atoms with Crippen molar-refractivity contribution in [2.75, 3.05) is 19.8 Å². The Bertz CT molecular complexity index is 2720. The second-order valence-corrected chi connectivity index (χ2v) is 17.4. The summed E-state index contributed by atoms with van der Waals surface area (Å²) in [4.78, 5) is 81.5. The molecule has 22 nitrogen and oxygen atoms in total. The van der Waals surface area contributed by atoms with E-state index in [9.17, 15) is 48.9 Å². The molecule has 3 N–H and O–H groups in total. The van der Waals surface area contributed by atoms with Gasteiger partial charge >= 0.3 is 35.9 Å². The van der Waals surface area contributed by atoms with Crippen LogP contribution < -0.4 is 5.32 Å². The van der Waals surface area contributed by atoms with Gasteiger partial charge in [-0.3, -0.25) is 14.4 Å². The number of ether oxygens (including phenoxy) is 10. The third kappa shape index (κ3) is 13.4. The molecular weight excluding hydrogens is 995 g/mol. The number of carbonyl (C=O) groups is 6. The van der Waals surface area contributed by atoms with Gasteiger partial charge in [-0.2, -0.15) is 0 Å². The van der Waals surface area contributed by atoms with Gasteiger partial charge in [-0.1, -0.05) is 84.0 Å². The van der Waals surface area contributed by atoms with Crippen LogP contribution in [-0.2, 0) is 73.2 Å². The zero-order valence-corrected chi connectivity index (χ0v) is 40.6. The monoisotopic (exact) mass is 1050 g/mol. The molecule has 24 heteroatoms. The number of azide groups is 1. The lowest BCUT2D eigenvalue weighted by Gasteiger charge is -2.48. The zero-order chi connectivity index (χ0) is 53.9. The Balaban J connectivity index is 1.19. The molecule has 0 saturated carbocycles. The topological polar surface area (TPSA) is 296 Å². The third-order valence-corrected chi connectivity index (χ3v) is 12.2. The molecule has 2 heterocycles. The van der Waals surface area contributed by atoms with Gasteiger partial charge in [-0.25, -0.2) is 23.2 Å². The second kappa shape index (κ2) is 25.1. The Kier molecular flexibility index (Phi) is 18.5. The number of nitrogens with one attached hydrogen (secondary N) is 1. The van der Waals surface area contributed by atoms with E-state index in [1.807, 2.05) is 48.5 Å². The number of rotatable bonds is 19. The quantitative estimate of drug-likeness (QED) is 0.0372. The number of hydrogen-bond donors (Lipinski definition) is 3. The molecule has 0 bridgehead atoms. The number of carbonyl (C=O) groups excluding carboxylic acids is 6. The number of fused-ring (bicyclic) bond motifs is 3. The zero-order valence-electron chi connectivity index (χ0n) is 40.6. The highest BCUT2D eigenvalue weighted by Crippen LogP contribution is 2.44. The fourth-order valence-electron chi connectivity index (χ4n) is 8.85. The molecule has 0 spiro atoms. The van der Waals surface area contributed by atoms with Crippen LogP contribution in [0, 0.1) is 11.6 Å². The van der Waals surface area contributed by atoms with Crippen molar-refractivity contribution in [3.63, 3.8) is 0 Å². The van der Waals surface area contributed by atoms with Crippen LogP contribution in [-0.4, -0.2) is 139 Å². The van der Waals surface area contributed by atoms with Crippen LogP contribution in [0.1, 0.15) is 60.7 Å². The highest BCUT2D eigenvalue weighted by molar-refractivity contribution is 5.90. The number of hydrogen-bond acceptors (Lipinski definition) is 19. The Labute approximate surface area is 426 Å². The van der Waals surface area contributed by atoms with E-state index in [1.54, 1.807) is 30.3 Å². The number of halogens is 2. The molecule has 2 aliphatic heterocycles. The first kappa shape index (κ1) is 55.2. The molecule has 7 rings (SSSR count). The number of esters is 5. The van der Waals surface area contributed by atoms with Crippen molar-refractivity contribution < 1.29 is 95.1 Å². The lowest BCUT2D eigenvalue weighted by Crippen LogP contribution is -2.66. The number of nitrogens with zero attached hydrogens (tertiary/aromatic N) is 3. The first-order valence-corrected chi connectivity index (χ1v) is 23.4. The molecule has 2 fully saturated rings. The molecule has 75 heavy (non-hydrogen) atoms. The van der Waals surface area contributed by atoms with Crippen molar-refractivity contribution in [3.05, 3.63) is 141 Å². The van der Waals surface area contributed by atoms with E-state index >= 15 is 4.39 Å². The van der Waals surface area contributed by atoms with Crippen molar-refractivity contribution in [2.45, 2.75) is 114 Å². The number of aliphatic hydroxyl groups excluding tert-OH is 2. The van der Waals surface area contributed by atoms with E-state index in [0.717, 1.165) is 43.0 Å². The predicted octanol–water partition coefficient (Wildman–Crippen LogP) is 4.84. The van der Waals surface area contributed by atoms with Crippen molar-refractivity contribution in [1.29, 1.82) is 0 Å². The van der Waals surface area contributed by atoms with Crippen molar-refractivity contribution in [2.24, 2.45) is 5.11 Å². The summed E-state index contributed by atoms with van der Waals surface area (Å²) in [6.07, 6.45) is -19.9. The van der Waals surface area contributed by atoms with Crippen LogP contribution in [0.2, 0.25) is 0 Å². The summed E-state index contributed by atoms with van der Waals surface area (Å²) in [6, 6.07) is 22.0. The number of benzene rings is 4. The van der Waals surface area contributed by atoms with E-state index in [4.69, 9.17) is 47.4 Å². The van der Waals surface area contributed by atoms with Crippen LogP contribution in [0.15, 0.2) is 102 Å². The highest BCUT2D eigenvalue weighted by Gasteiger charge is 2.56. The molecule has 12 atom stereocenters. The highest BCUT2D eigenvalue weighted by atomic mass is 19.1. The van der Waals surface area contributed by atoms with Crippen LogP contribution in [0.4, 0.5) is 13.6 Å². The van der Waals surface area contributed by atoms with Gasteiger partial charge in [0.05, 0.1) is 18.3 Å². The van der Waals surface area contributed by atoms with Crippen LogP contribution in [0.25, 0.3) is 21.6 Å². The SMILES string of the molecule is CC(=O)OC[C@H]1O[C@@H](O[C@H]2[C@@H](O)[C@@H](CO)O[C@H](O[C@H](C)[C@H](NC(=O)OCC3c4ccccc4-c4ccccc43)C(=O)OCc3ccccc3)[C@@H]2N=[N+]=[N-])[C@H](OC(=O)c2cc(F)ccc2F)[C@@H](OC(C)=O)[C@H]1OC(C)=O. The average molecular weight is 1050 g/mol. The van der Waals surface area contributed by atoms with Gasteiger partial charge in [0.1, 0.15) is 61.9 Å². The van der Waals surface area contributed by atoms with Crippen LogP contribution in [0.5, 0.6) is 0 Å². The largest absolute Gasteiger partial charge is 0.463 e. The molecule has 4 aromatic rings. The molecule has 3 aliphatic rings. The van der Waals surface area contributed by atoms with Gasteiger partial charge in [0.25, 0.3) is 0 Å². The van der Waals surface area contributed by atoms with Gasteiger partial charge in [-0.05, 0) is 58.5 Å². The Morgan fingerprint density at radius 3 is 1.99 bits per heavy atom. The van der Waals surface area contributed by atoms with Crippen LogP contribution in [0.3, 0.4) is 0 Å². The van der Waals surface area contributed by atoms with Gasteiger partial charge in [0, 0.05) is 31.6 Å². The van der Waals surface area contributed by atoms with Gasteiger partial charge in [0.15, 0.2) is 36.9 Å². The van der Waals surface area contributed by atoms with E-state index in [2.05, 4.69) is 15.3 Å². The lowest BCUT2D eigenvalue weighted by atomic mass is 9.95. The van der Waals surface area contributed by atoms with Gasteiger partial charge < -0.3 is 62.9 Å². The summed E-state index contributed by atoms with van der Waals surface area (Å²) in [5, 5.41) is 28.5. The molecule has 1 amide bonds. The minimum Gasteiger partial charge on any atom is -0.463 e. The number of aliphatic hydroxyl groups is 2. The summed E-state index contributed by atoms with van der Waals surface area (Å²) < 4.78 is 86.9. The first-order valence-electron chi connectivity index (χ1n) is 23.4. The minimum absolute atomic E-state index is 0.154. The van der Waals surface area contributed by atoms with Gasteiger partial charge in [-0.15, -0.1) is 0 Å². The summed E-state index contributed by atoms with van der Waals surface area (Å²) in [6.45, 7) is 2.08. The van der Waals surface area contributed by atoms with E-state index < -0.39 is 140 Å². The molecule has 0 aromatic heterocycles. The molecule has 4 aromatic carbocycles. The normalized spacial score (nSPS) is 24.6. The average Bonchev–Trinajstić information content (AvgIpc) is 3.72. The van der Waals surface area contributed by atoms with Crippen molar-refractivity contribution in [1.82, 2.24) is 5.32 Å². The fourth-order valence-corrected chi connectivity index (χ4v) is 8.85. The van der Waals surface area contributed by atoms with Crippen LogP contribution >= 0.6 is 0 Å². The molecule has 0 radical (unpaired) electrons. The number of alkyl carbamates (subject to hydrolysis) is 1. The molecule has 2 saturated heterocycles.